The third-order valence-corrected chi connectivity index (χ3v) is 10.1. The largest absolute Gasteiger partial charge is 0.481 e. The van der Waals surface area contributed by atoms with E-state index in [1.165, 1.54) is 17.0 Å². The number of carbonyl (C=O) groups excluding carboxylic acids is 5. The number of carboxylic acid groups (broad SMARTS) is 1. The molecule has 0 radical (unpaired) electrons. The monoisotopic (exact) mass is 762 g/mol. The molecule has 54 heavy (non-hydrogen) atoms. The molecule has 3 aromatic rings. The van der Waals surface area contributed by atoms with Crippen molar-refractivity contribution >= 4 is 66.7 Å². The summed E-state index contributed by atoms with van der Waals surface area (Å²) in [5, 5.41) is 17.4. The highest BCUT2D eigenvalue weighted by atomic mass is 31.1. The number of hydrogen-bond acceptors (Lipinski definition) is 7. The van der Waals surface area contributed by atoms with Crippen LogP contribution in [0.4, 0.5) is 15.8 Å². The number of fused-ring (bicyclic) bond motifs is 1. The summed E-state index contributed by atoms with van der Waals surface area (Å²) in [6, 6.07) is 9.66. The number of carbonyl (C=O) groups is 6. The van der Waals surface area contributed by atoms with Crippen LogP contribution in [0.2, 0.25) is 0 Å². The fourth-order valence-electron chi connectivity index (χ4n) is 6.25. The molecule has 13 nitrogen and oxygen atoms in total. The van der Waals surface area contributed by atoms with Gasteiger partial charge in [0, 0.05) is 55.0 Å². The molecule has 0 aliphatic carbocycles. The summed E-state index contributed by atoms with van der Waals surface area (Å²) in [4.78, 5) is 82.4. The Morgan fingerprint density at radius 3 is 2.37 bits per heavy atom. The molecule has 1 aromatic heterocycles. The fourth-order valence-corrected chi connectivity index (χ4v) is 6.62. The Balaban J connectivity index is 1.49. The highest BCUT2D eigenvalue weighted by Crippen LogP contribution is 2.39. The predicted molar refractivity (Wildman–Crippen MR) is 208 cm³/mol. The van der Waals surface area contributed by atoms with E-state index in [2.05, 4.69) is 39.7 Å². The molecule has 2 aromatic carbocycles. The van der Waals surface area contributed by atoms with E-state index in [1.807, 2.05) is 0 Å². The molecule has 2 atom stereocenters. The molecule has 0 bridgehead atoms. The van der Waals surface area contributed by atoms with Gasteiger partial charge in [0.1, 0.15) is 11.9 Å². The maximum atomic E-state index is 14.6. The Kier molecular flexibility index (Phi) is 14.8. The molecule has 0 saturated carbocycles. The summed E-state index contributed by atoms with van der Waals surface area (Å²) in [5.74, 6) is -3.35. The molecule has 2 unspecified atom stereocenters. The number of nitrogens with one attached hydrogen (secondary N) is 4. The summed E-state index contributed by atoms with van der Waals surface area (Å²) >= 11 is 0. The molecule has 4 amide bonds. The number of H-pyrrole nitrogens is 1. The third-order valence-electron chi connectivity index (χ3n) is 9.33. The van der Waals surface area contributed by atoms with Crippen molar-refractivity contribution in [2.45, 2.75) is 66.0 Å². The number of aromatic nitrogens is 1. The van der Waals surface area contributed by atoms with Gasteiger partial charge in [0.05, 0.1) is 23.4 Å². The van der Waals surface area contributed by atoms with Crippen LogP contribution < -0.4 is 20.9 Å². The van der Waals surface area contributed by atoms with Crippen LogP contribution >= 0.6 is 8.58 Å². The fraction of sp³-hybridized carbons (Fsp3) is 0.385. The first-order valence-electron chi connectivity index (χ1n) is 17.9. The van der Waals surface area contributed by atoms with Gasteiger partial charge in [0.25, 0.3) is 11.8 Å². The van der Waals surface area contributed by atoms with E-state index in [1.54, 1.807) is 56.9 Å². The maximum absolute atomic E-state index is 14.6. The normalized spacial score (nSPS) is 13.8. The number of likely N-dealkylation sites (N-methyl/N-ethyl adjacent to an activating group) is 1. The smallest absolute Gasteiger partial charge is 0.303 e. The van der Waals surface area contributed by atoms with Crippen LogP contribution in [-0.4, -0.2) is 89.0 Å². The third kappa shape index (κ3) is 10.7. The Morgan fingerprint density at radius 1 is 1.02 bits per heavy atom. The van der Waals surface area contributed by atoms with E-state index in [4.69, 9.17) is 5.11 Å². The lowest BCUT2D eigenvalue weighted by atomic mass is 10.0. The van der Waals surface area contributed by atoms with Crippen molar-refractivity contribution in [2.75, 3.05) is 43.1 Å². The average molecular weight is 763 g/mol. The molecule has 2 heterocycles. The van der Waals surface area contributed by atoms with E-state index in [0.29, 0.717) is 51.6 Å². The molecule has 1 aliphatic heterocycles. The number of carboxylic acids is 1. The van der Waals surface area contributed by atoms with Gasteiger partial charge in [-0.05, 0) is 87.6 Å². The molecule has 15 heteroatoms. The summed E-state index contributed by atoms with van der Waals surface area (Å²) in [5.41, 5.74) is 4.56. The lowest BCUT2D eigenvalue weighted by Crippen LogP contribution is -2.44. The Hall–Kier alpha value is -5.20. The highest BCUT2D eigenvalue weighted by molar-refractivity contribution is 7.57. The van der Waals surface area contributed by atoms with Gasteiger partial charge in [-0.15, -0.1) is 0 Å². The van der Waals surface area contributed by atoms with Crippen LogP contribution in [-0.2, 0) is 30.5 Å². The van der Waals surface area contributed by atoms with Crippen LogP contribution in [0.3, 0.4) is 0 Å². The van der Waals surface area contributed by atoms with Crippen LogP contribution in [0, 0.1) is 19.7 Å². The Labute approximate surface area is 315 Å². The van der Waals surface area contributed by atoms with Gasteiger partial charge in [-0.25, -0.2) is 4.39 Å². The molecule has 5 N–H and O–H groups in total. The standard InChI is InChI=1S/C39H48FN6O7P/c1-6-45(7-2)19-18-41-38(52)36-23(3)31(42-24(36)4)21-29-28-20-26(40)10-14-32(28)46(39(29)53)22-25-8-11-27(12-9-25)43-37(51)30(13-16-34(48)49)44-33(47)15-17-35(50)54-5/h8-12,14,20-21,30,42,54H,6-7,13,15-19,22H2,1-5H3,(H,41,52)(H,43,51)(H,44,47)(H,48,49)/b29-21-. The van der Waals surface area contributed by atoms with Gasteiger partial charge in [-0.2, -0.15) is 0 Å². The number of hydrogen-bond donors (Lipinski definition) is 5. The number of anilines is 2. The van der Waals surface area contributed by atoms with Gasteiger partial charge in [-0.1, -0.05) is 34.6 Å². The van der Waals surface area contributed by atoms with Gasteiger partial charge in [0.2, 0.25) is 11.8 Å². The van der Waals surface area contributed by atoms with E-state index in [0.717, 1.165) is 19.6 Å². The second-order valence-corrected chi connectivity index (χ2v) is 14.0. The summed E-state index contributed by atoms with van der Waals surface area (Å²) in [7, 11) is 0.0501. The van der Waals surface area contributed by atoms with E-state index in [9.17, 15) is 33.2 Å². The molecule has 4 rings (SSSR count). The zero-order chi connectivity index (χ0) is 39.5. The summed E-state index contributed by atoms with van der Waals surface area (Å²) in [6.07, 6.45) is 1.08. The number of benzene rings is 2. The van der Waals surface area contributed by atoms with E-state index < -0.39 is 29.6 Å². The van der Waals surface area contributed by atoms with Crippen molar-refractivity contribution in [3.05, 3.63) is 81.9 Å². The van der Waals surface area contributed by atoms with Gasteiger partial charge >= 0.3 is 5.97 Å². The van der Waals surface area contributed by atoms with E-state index >= 15 is 0 Å². The van der Waals surface area contributed by atoms with Crippen molar-refractivity contribution in [1.82, 2.24) is 20.5 Å². The molecule has 0 saturated heterocycles. The predicted octanol–water partition coefficient (Wildman–Crippen LogP) is 4.83. The van der Waals surface area contributed by atoms with E-state index in [-0.39, 0.29) is 63.7 Å². The number of aliphatic carboxylic acids is 1. The van der Waals surface area contributed by atoms with Crippen molar-refractivity contribution in [2.24, 2.45) is 0 Å². The molecule has 0 spiro atoms. The Bertz CT molecular complexity index is 1920. The number of rotatable bonds is 19. The lowest BCUT2D eigenvalue weighted by Gasteiger charge is -2.19. The lowest BCUT2D eigenvalue weighted by molar-refractivity contribution is -0.137. The van der Waals surface area contributed by atoms with Crippen molar-refractivity contribution in [3.8, 4) is 0 Å². The topological polar surface area (TPSA) is 181 Å². The number of amides is 4. The number of aryl methyl sites for hydroxylation is 1. The molecule has 1 aliphatic rings. The zero-order valence-electron chi connectivity index (χ0n) is 31.2. The van der Waals surface area contributed by atoms with Crippen LogP contribution in [0.5, 0.6) is 0 Å². The molecule has 0 fully saturated rings. The number of aromatic amines is 1. The maximum Gasteiger partial charge on any atom is 0.303 e. The van der Waals surface area contributed by atoms with Gasteiger partial charge in [0.15, 0.2) is 5.52 Å². The minimum atomic E-state index is -1.13. The first-order chi connectivity index (χ1) is 25.8. The van der Waals surface area contributed by atoms with Crippen LogP contribution in [0.25, 0.3) is 11.6 Å². The second kappa shape index (κ2) is 19.2. The van der Waals surface area contributed by atoms with Crippen molar-refractivity contribution in [3.63, 3.8) is 0 Å². The summed E-state index contributed by atoms with van der Waals surface area (Å²) < 4.78 is 14.6. The number of nitrogens with zero attached hydrogens (tertiary/aromatic N) is 2. The zero-order valence-corrected chi connectivity index (χ0v) is 32.2. The van der Waals surface area contributed by atoms with Crippen molar-refractivity contribution in [1.29, 1.82) is 0 Å². The summed E-state index contributed by atoms with van der Waals surface area (Å²) in [6.45, 7) is 12.5. The minimum Gasteiger partial charge on any atom is -0.481 e. The highest BCUT2D eigenvalue weighted by Gasteiger charge is 2.33. The molecule has 288 valence electrons. The second-order valence-electron chi connectivity index (χ2n) is 13.0. The number of halogens is 1. The molecular weight excluding hydrogens is 714 g/mol. The SMILES string of the molecule is CCN(CC)CCNC(=O)c1c(C)[nH]c(/C=C2\C(=O)N(Cc3ccc(NC(=O)C(CCC(=O)O)NC(=O)CCC(=O)PC)cc3)c3ccc(F)cc32)c1C. The Morgan fingerprint density at radius 2 is 1.72 bits per heavy atom. The first kappa shape index (κ1) is 41.6. The van der Waals surface area contributed by atoms with Gasteiger partial charge in [-0.3, -0.25) is 28.8 Å². The van der Waals surface area contributed by atoms with Gasteiger partial charge < -0.3 is 35.8 Å². The quantitative estimate of drug-likeness (QED) is 0.0851. The van der Waals surface area contributed by atoms with Crippen molar-refractivity contribution < 1.29 is 38.3 Å². The van der Waals surface area contributed by atoms with Crippen LogP contribution in [0.15, 0.2) is 42.5 Å². The van der Waals surface area contributed by atoms with Crippen LogP contribution in [0.1, 0.15) is 78.0 Å². The molecular formula is C39H48FN6O7P. The first-order valence-corrected chi connectivity index (χ1v) is 19.4. The average Bonchev–Trinajstić information content (AvgIpc) is 3.57. The minimum absolute atomic E-state index is 0.0360.